The minimum atomic E-state index is -0.0186. The third kappa shape index (κ3) is 4.36. The van der Waals surface area contributed by atoms with Crippen LogP contribution >= 0.6 is 24.0 Å². The van der Waals surface area contributed by atoms with Gasteiger partial charge in [0.05, 0.1) is 6.04 Å². The van der Waals surface area contributed by atoms with Crippen molar-refractivity contribution in [1.29, 1.82) is 0 Å². The third-order valence-corrected chi connectivity index (χ3v) is 2.22. The molecule has 1 heterocycles. The molecule has 82 valence electrons. The molecular formula is C10H17Cl2NO. The average molecular weight is 238 g/mol. The normalized spacial score (nSPS) is 12.6. The van der Waals surface area contributed by atoms with E-state index >= 15 is 0 Å². The Balaban J connectivity index is 0.00000169. The highest BCUT2D eigenvalue weighted by molar-refractivity contribution is 6.28. The van der Waals surface area contributed by atoms with Crippen molar-refractivity contribution in [3.8, 4) is 0 Å². The number of rotatable bonds is 4. The van der Waals surface area contributed by atoms with Crippen LogP contribution in [0.25, 0.3) is 0 Å². The van der Waals surface area contributed by atoms with Gasteiger partial charge in [0.15, 0.2) is 5.22 Å². The maximum Gasteiger partial charge on any atom is 0.193 e. The molecule has 0 amide bonds. The van der Waals surface area contributed by atoms with Gasteiger partial charge in [-0.25, -0.2) is 0 Å². The summed E-state index contributed by atoms with van der Waals surface area (Å²) in [5.74, 6) is 1.46. The summed E-state index contributed by atoms with van der Waals surface area (Å²) >= 11 is 5.64. The molecular weight excluding hydrogens is 221 g/mol. The lowest BCUT2D eigenvalue weighted by Gasteiger charge is -2.09. The second-order valence-corrected chi connectivity index (χ2v) is 4.09. The van der Waals surface area contributed by atoms with E-state index in [1.165, 1.54) is 0 Å². The van der Waals surface area contributed by atoms with Crippen LogP contribution in [0.2, 0.25) is 5.22 Å². The van der Waals surface area contributed by atoms with Crippen LogP contribution in [-0.4, -0.2) is 0 Å². The van der Waals surface area contributed by atoms with Gasteiger partial charge in [0, 0.05) is 0 Å². The predicted octanol–water partition coefficient (Wildman–Crippen LogP) is 3.79. The Kier molecular flexibility index (Phi) is 6.25. The summed E-state index contributed by atoms with van der Waals surface area (Å²) in [7, 11) is 0. The fourth-order valence-electron chi connectivity index (χ4n) is 1.18. The molecule has 0 aliphatic heterocycles. The summed E-state index contributed by atoms with van der Waals surface area (Å²) in [5, 5.41) is 0.412. The molecule has 0 unspecified atom stereocenters. The molecule has 0 aliphatic rings. The summed E-state index contributed by atoms with van der Waals surface area (Å²) in [6.07, 6.45) is 2.06. The van der Waals surface area contributed by atoms with Crippen LogP contribution in [0.15, 0.2) is 16.5 Å². The molecule has 1 aromatic rings. The Hall–Kier alpha value is -0.180. The molecule has 0 aliphatic carbocycles. The van der Waals surface area contributed by atoms with Gasteiger partial charge in [0.2, 0.25) is 0 Å². The first kappa shape index (κ1) is 13.8. The van der Waals surface area contributed by atoms with Crippen LogP contribution in [0, 0.1) is 5.92 Å². The van der Waals surface area contributed by atoms with Crippen LogP contribution in [0.1, 0.15) is 38.5 Å². The van der Waals surface area contributed by atoms with Gasteiger partial charge in [-0.15, -0.1) is 12.4 Å². The lowest BCUT2D eigenvalue weighted by atomic mass is 10.0. The third-order valence-electron chi connectivity index (χ3n) is 2.01. The number of hydrogen-bond donors (Lipinski definition) is 1. The molecule has 1 atom stereocenters. The first-order valence-electron chi connectivity index (χ1n) is 4.60. The highest BCUT2D eigenvalue weighted by Gasteiger charge is 2.10. The maximum absolute atomic E-state index is 5.90. The Morgan fingerprint density at radius 2 is 2.00 bits per heavy atom. The summed E-state index contributed by atoms with van der Waals surface area (Å²) in [6, 6.07) is 3.55. The number of halogens is 2. The highest BCUT2D eigenvalue weighted by Crippen LogP contribution is 2.22. The molecule has 0 bridgehead atoms. The SMILES string of the molecule is CC(C)CC[C@@H](N)c1ccc(Cl)o1.Cl. The Morgan fingerprint density at radius 1 is 1.36 bits per heavy atom. The number of nitrogens with two attached hydrogens (primary N) is 1. The van der Waals surface area contributed by atoms with E-state index in [0.29, 0.717) is 11.1 Å². The van der Waals surface area contributed by atoms with Gasteiger partial charge in [-0.05, 0) is 42.5 Å². The minimum absolute atomic E-state index is 0. The van der Waals surface area contributed by atoms with E-state index in [1.54, 1.807) is 6.07 Å². The van der Waals surface area contributed by atoms with E-state index in [9.17, 15) is 0 Å². The molecule has 0 saturated carbocycles. The zero-order valence-corrected chi connectivity index (χ0v) is 10.1. The van der Waals surface area contributed by atoms with Crippen molar-refractivity contribution < 1.29 is 4.42 Å². The smallest absolute Gasteiger partial charge is 0.193 e. The van der Waals surface area contributed by atoms with Crippen LogP contribution in [0.4, 0.5) is 0 Å². The number of furan rings is 1. The van der Waals surface area contributed by atoms with Gasteiger partial charge in [0.1, 0.15) is 5.76 Å². The average Bonchev–Trinajstić information content (AvgIpc) is 2.47. The molecule has 2 N–H and O–H groups in total. The molecule has 2 nitrogen and oxygen atoms in total. The van der Waals surface area contributed by atoms with Crippen molar-refractivity contribution in [3.63, 3.8) is 0 Å². The fourth-order valence-corrected chi connectivity index (χ4v) is 1.33. The van der Waals surface area contributed by atoms with Crippen molar-refractivity contribution >= 4 is 24.0 Å². The van der Waals surface area contributed by atoms with Gasteiger partial charge in [-0.3, -0.25) is 0 Å². The molecule has 0 spiro atoms. The zero-order chi connectivity index (χ0) is 9.84. The molecule has 4 heteroatoms. The van der Waals surface area contributed by atoms with Crippen molar-refractivity contribution in [2.75, 3.05) is 0 Å². The van der Waals surface area contributed by atoms with Gasteiger partial charge in [-0.1, -0.05) is 13.8 Å². The molecule has 1 aromatic heterocycles. The highest BCUT2D eigenvalue weighted by atomic mass is 35.5. The topological polar surface area (TPSA) is 39.2 Å². The first-order chi connectivity index (χ1) is 6.09. The monoisotopic (exact) mass is 237 g/mol. The van der Waals surface area contributed by atoms with Crippen LogP contribution in [0.5, 0.6) is 0 Å². The van der Waals surface area contributed by atoms with Crippen LogP contribution in [0.3, 0.4) is 0 Å². The molecule has 0 radical (unpaired) electrons. The molecule has 0 fully saturated rings. The van der Waals surface area contributed by atoms with Gasteiger partial charge in [-0.2, -0.15) is 0 Å². The van der Waals surface area contributed by atoms with Crippen molar-refractivity contribution in [1.82, 2.24) is 0 Å². The van der Waals surface area contributed by atoms with Gasteiger partial charge in [0.25, 0.3) is 0 Å². The zero-order valence-electron chi connectivity index (χ0n) is 8.50. The predicted molar refractivity (Wildman–Crippen MR) is 62.0 cm³/mol. The largest absolute Gasteiger partial charge is 0.448 e. The quantitative estimate of drug-likeness (QED) is 0.866. The molecule has 14 heavy (non-hydrogen) atoms. The Bertz CT molecular complexity index is 260. The van der Waals surface area contributed by atoms with E-state index in [4.69, 9.17) is 21.8 Å². The Morgan fingerprint density at radius 3 is 2.43 bits per heavy atom. The summed E-state index contributed by atoms with van der Waals surface area (Å²) < 4.78 is 5.22. The standard InChI is InChI=1S/C10H16ClNO.ClH/c1-7(2)3-4-8(12)9-5-6-10(11)13-9;/h5-8H,3-4,12H2,1-2H3;1H/t8-;/m1./s1. The van der Waals surface area contributed by atoms with Gasteiger partial charge < -0.3 is 10.2 Å². The van der Waals surface area contributed by atoms with E-state index in [2.05, 4.69) is 13.8 Å². The second kappa shape index (κ2) is 6.33. The summed E-state index contributed by atoms with van der Waals surface area (Å²) in [5.41, 5.74) is 5.90. The van der Waals surface area contributed by atoms with E-state index in [0.717, 1.165) is 18.6 Å². The maximum atomic E-state index is 5.90. The van der Waals surface area contributed by atoms with Crippen molar-refractivity contribution in [3.05, 3.63) is 23.1 Å². The van der Waals surface area contributed by atoms with E-state index < -0.39 is 0 Å². The molecule has 0 aromatic carbocycles. The van der Waals surface area contributed by atoms with Crippen molar-refractivity contribution in [2.24, 2.45) is 11.7 Å². The minimum Gasteiger partial charge on any atom is -0.448 e. The van der Waals surface area contributed by atoms with Crippen LogP contribution < -0.4 is 5.73 Å². The molecule has 1 rings (SSSR count). The van der Waals surface area contributed by atoms with E-state index in [1.807, 2.05) is 6.07 Å². The van der Waals surface area contributed by atoms with Crippen LogP contribution in [-0.2, 0) is 0 Å². The first-order valence-corrected chi connectivity index (χ1v) is 4.98. The van der Waals surface area contributed by atoms with E-state index in [-0.39, 0.29) is 18.4 Å². The lowest BCUT2D eigenvalue weighted by molar-refractivity contribution is 0.425. The lowest BCUT2D eigenvalue weighted by Crippen LogP contribution is -2.10. The number of hydrogen-bond acceptors (Lipinski definition) is 2. The van der Waals surface area contributed by atoms with Crippen molar-refractivity contribution in [2.45, 2.75) is 32.7 Å². The fraction of sp³-hybridized carbons (Fsp3) is 0.600. The second-order valence-electron chi connectivity index (χ2n) is 3.72. The summed E-state index contributed by atoms with van der Waals surface area (Å²) in [4.78, 5) is 0. The molecule has 0 saturated heterocycles. The summed E-state index contributed by atoms with van der Waals surface area (Å²) in [6.45, 7) is 4.36. The van der Waals surface area contributed by atoms with Gasteiger partial charge >= 0.3 is 0 Å². The Labute approximate surface area is 96.2 Å².